The summed E-state index contributed by atoms with van der Waals surface area (Å²) in [6.07, 6.45) is 0. The molecule has 0 saturated carbocycles. The van der Waals surface area contributed by atoms with Crippen LogP contribution in [-0.4, -0.2) is 13.0 Å². The SMILES string of the molecule is Cc1cc(Br)ccc1N(C)C(=O)c1cc(Cl)ccc1Cl. The Morgan fingerprint density at radius 1 is 1.15 bits per heavy atom. The van der Waals surface area contributed by atoms with Crippen molar-refractivity contribution in [3.05, 3.63) is 62.0 Å². The van der Waals surface area contributed by atoms with Crippen LogP contribution in [0.3, 0.4) is 0 Å². The van der Waals surface area contributed by atoms with Gasteiger partial charge in [0.1, 0.15) is 0 Å². The van der Waals surface area contributed by atoms with Gasteiger partial charge < -0.3 is 4.90 Å². The quantitative estimate of drug-likeness (QED) is 0.696. The Morgan fingerprint density at radius 3 is 2.50 bits per heavy atom. The number of anilines is 1. The van der Waals surface area contributed by atoms with Gasteiger partial charge in [0.25, 0.3) is 5.91 Å². The molecule has 2 aromatic rings. The van der Waals surface area contributed by atoms with Crippen molar-refractivity contribution < 1.29 is 4.79 Å². The Kier molecular flexibility index (Phi) is 4.74. The lowest BCUT2D eigenvalue weighted by Crippen LogP contribution is -2.27. The second-order valence-corrected chi connectivity index (χ2v) is 6.18. The zero-order valence-electron chi connectivity index (χ0n) is 11.0. The third kappa shape index (κ3) is 3.17. The molecule has 104 valence electrons. The van der Waals surface area contributed by atoms with E-state index in [0.29, 0.717) is 15.6 Å². The molecule has 5 heteroatoms. The van der Waals surface area contributed by atoms with E-state index in [0.717, 1.165) is 15.7 Å². The first-order valence-corrected chi connectivity index (χ1v) is 7.44. The van der Waals surface area contributed by atoms with Gasteiger partial charge in [0.2, 0.25) is 0 Å². The van der Waals surface area contributed by atoms with Crippen molar-refractivity contribution in [1.82, 2.24) is 0 Å². The van der Waals surface area contributed by atoms with Crippen LogP contribution in [0.15, 0.2) is 40.9 Å². The first-order valence-electron chi connectivity index (χ1n) is 5.89. The average Bonchev–Trinajstić information content (AvgIpc) is 2.40. The van der Waals surface area contributed by atoms with Gasteiger partial charge in [0, 0.05) is 22.2 Å². The molecule has 0 heterocycles. The van der Waals surface area contributed by atoms with Gasteiger partial charge in [-0.25, -0.2) is 0 Å². The van der Waals surface area contributed by atoms with E-state index in [9.17, 15) is 4.79 Å². The highest BCUT2D eigenvalue weighted by molar-refractivity contribution is 9.10. The lowest BCUT2D eigenvalue weighted by atomic mass is 10.1. The molecule has 0 bridgehead atoms. The van der Waals surface area contributed by atoms with E-state index in [-0.39, 0.29) is 5.91 Å². The molecule has 0 saturated heterocycles. The Labute approximate surface area is 136 Å². The van der Waals surface area contributed by atoms with E-state index in [2.05, 4.69) is 15.9 Å². The molecular formula is C15H12BrCl2NO. The molecule has 0 fully saturated rings. The zero-order valence-corrected chi connectivity index (χ0v) is 14.1. The van der Waals surface area contributed by atoms with Crippen molar-refractivity contribution in [2.75, 3.05) is 11.9 Å². The summed E-state index contributed by atoms with van der Waals surface area (Å²) in [6, 6.07) is 10.6. The van der Waals surface area contributed by atoms with Gasteiger partial charge in [-0.15, -0.1) is 0 Å². The predicted octanol–water partition coefficient (Wildman–Crippen LogP) is 5.34. The van der Waals surface area contributed by atoms with E-state index >= 15 is 0 Å². The maximum Gasteiger partial charge on any atom is 0.259 e. The summed E-state index contributed by atoms with van der Waals surface area (Å²) in [4.78, 5) is 14.1. The molecule has 0 unspecified atom stereocenters. The van der Waals surface area contributed by atoms with Crippen molar-refractivity contribution in [2.45, 2.75) is 6.92 Å². The van der Waals surface area contributed by atoms with Gasteiger partial charge in [-0.1, -0.05) is 39.1 Å². The van der Waals surface area contributed by atoms with Crippen LogP contribution in [0.25, 0.3) is 0 Å². The molecule has 2 nitrogen and oxygen atoms in total. The van der Waals surface area contributed by atoms with E-state index in [4.69, 9.17) is 23.2 Å². The van der Waals surface area contributed by atoms with Gasteiger partial charge >= 0.3 is 0 Å². The number of amides is 1. The standard InChI is InChI=1S/C15H12BrCl2NO/c1-9-7-10(16)3-6-14(9)19(2)15(20)12-8-11(17)4-5-13(12)18/h3-8H,1-2H3. The minimum absolute atomic E-state index is 0.192. The third-order valence-corrected chi connectivity index (χ3v) is 4.04. The lowest BCUT2D eigenvalue weighted by molar-refractivity contribution is 0.0993. The minimum atomic E-state index is -0.192. The molecule has 0 spiro atoms. The van der Waals surface area contributed by atoms with E-state index in [1.807, 2.05) is 25.1 Å². The highest BCUT2D eigenvalue weighted by atomic mass is 79.9. The monoisotopic (exact) mass is 371 g/mol. The highest BCUT2D eigenvalue weighted by Crippen LogP contribution is 2.27. The third-order valence-electron chi connectivity index (χ3n) is 2.98. The zero-order chi connectivity index (χ0) is 14.9. The van der Waals surface area contributed by atoms with E-state index < -0.39 is 0 Å². The number of nitrogens with zero attached hydrogens (tertiary/aromatic N) is 1. The molecule has 0 aliphatic heterocycles. The first-order chi connectivity index (χ1) is 9.40. The summed E-state index contributed by atoms with van der Waals surface area (Å²) in [6.45, 7) is 1.95. The molecule has 0 aliphatic rings. The van der Waals surface area contributed by atoms with Crippen molar-refractivity contribution in [2.24, 2.45) is 0 Å². The van der Waals surface area contributed by atoms with Crippen LogP contribution in [0.2, 0.25) is 10.0 Å². The molecule has 0 atom stereocenters. The van der Waals surface area contributed by atoms with Crippen molar-refractivity contribution in [3.8, 4) is 0 Å². The molecule has 2 aromatic carbocycles. The molecule has 1 amide bonds. The van der Waals surface area contributed by atoms with Gasteiger partial charge in [0.15, 0.2) is 0 Å². The molecule has 0 radical (unpaired) electrons. The number of rotatable bonds is 2. The molecule has 0 aliphatic carbocycles. The molecule has 0 aromatic heterocycles. The molecule has 20 heavy (non-hydrogen) atoms. The van der Waals surface area contributed by atoms with Crippen LogP contribution < -0.4 is 4.90 Å². The number of carbonyl (C=O) groups is 1. The second kappa shape index (κ2) is 6.17. The average molecular weight is 373 g/mol. The number of hydrogen-bond acceptors (Lipinski definition) is 1. The van der Waals surface area contributed by atoms with E-state index in [1.165, 1.54) is 0 Å². The van der Waals surface area contributed by atoms with Crippen LogP contribution >= 0.6 is 39.1 Å². The molecule has 2 rings (SSSR count). The van der Waals surface area contributed by atoms with Crippen molar-refractivity contribution in [1.29, 1.82) is 0 Å². The number of carbonyl (C=O) groups excluding carboxylic acids is 1. The van der Waals surface area contributed by atoms with Crippen LogP contribution in [0, 0.1) is 6.92 Å². The summed E-state index contributed by atoms with van der Waals surface area (Å²) < 4.78 is 0.973. The summed E-state index contributed by atoms with van der Waals surface area (Å²) >= 11 is 15.4. The fraction of sp³-hybridized carbons (Fsp3) is 0.133. The van der Waals surface area contributed by atoms with Gasteiger partial charge in [-0.2, -0.15) is 0 Å². The number of aryl methyl sites for hydroxylation is 1. The number of hydrogen-bond donors (Lipinski definition) is 0. The van der Waals surface area contributed by atoms with Gasteiger partial charge in [-0.05, 0) is 48.9 Å². The smallest absolute Gasteiger partial charge is 0.259 e. The Morgan fingerprint density at radius 2 is 1.85 bits per heavy atom. The van der Waals surface area contributed by atoms with Gasteiger partial charge in [0.05, 0.1) is 10.6 Å². The highest BCUT2D eigenvalue weighted by Gasteiger charge is 2.18. The maximum absolute atomic E-state index is 12.5. The van der Waals surface area contributed by atoms with Gasteiger partial charge in [-0.3, -0.25) is 4.79 Å². The Bertz CT molecular complexity index is 673. The summed E-state index contributed by atoms with van der Waals surface area (Å²) in [5.41, 5.74) is 2.21. The van der Waals surface area contributed by atoms with Crippen LogP contribution in [-0.2, 0) is 0 Å². The second-order valence-electron chi connectivity index (χ2n) is 4.42. The topological polar surface area (TPSA) is 20.3 Å². The predicted molar refractivity (Wildman–Crippen MR) is 88.1 cm³/mol. The normalized spacial score (nSPS) is 10.4. The fourth-order valence-corrected chi connectivity index (χ4v) is 2.79. The largest absolute Gasteiger partial charge is 0.311 e. The Balaban J connectivity index is 2.40. The minimum Gasteiger partial charge on any atom is -0.311 e. The summed E-state index contributed by atoms with van der Waals surface area (Å²) in [5, 5.41) is 0.875. The molecule has 0 N–H and O–H groups in total. The Hall–Kier alpha value is -1.03. The van der Waals surface area contributed by atoms with Crippen molar-refractivity contribution >= 4 is 50.7 Å². The van der Waals surface area contributed by atoms with E-state index in [1.54, 1.807) is 30.1 Å². The number of benzene rings is 2. The molecular weight excluding hydrogens is 361 g/mol. The van der Waals surface area contributed by atoms with Crippen molar-refractivity contribution in [3.63, 3.8) is 0 Å². The van der Waals surface area contributed by atoms with Crippen LogP contribution in [0.5, 0.6) is 0 Å². The maximum atomic E-state index is 12.5. The lowest BCUT2D eigenvalue weighted by Gasteiger charge is -2.20. The fourth-order valence-electron chi connectivity index (χ4n) is 1.95. The number of halogens is 3. The summed E-state index contributed by atoms with van der Waals surface area (Å²) in [7, 11) is 1.72. The van der Waals surface area contributed by atoms with Crippen LogP contribution in [0.4, 0.5) is 5.69 Å². The van der Waals surface area contributed by atoms with Crippen LogP contribution in [0.1, 0.15) is 15.9 Å². The first kappa shape index (κ1) is 15.4. The summed E-state index contributed by atoms with van der Waals surface area (Å²) in [5.74, 6) is -0.192.